The first kappa shape index (κ1) is 14.4. The highest BCUT2D eigenvalue weighted by atomic mass is 32.2. The van der Waals surface area contributed by atoms with Gasteiger partial charge in [0.05, 0.1) is 5.25 Å². The Morgan fingerprint density at radius 1 is 1.29 bits per heavy atom. The van der Waals surface area contributed by atoms with Crippen LogP contribution >= 0.6 is 0 Å². The van der Waals surface area contributed by atoms with E-state index in [4.69, 9.17) is 5.11 Å². The van der Waals surface area contributed by atoms with E-state index < -0.39 is 22.5 Å². The lowest BCUT2D eigenvalue weighted by Gasteiger charge is -2.28. The quantitative estimate of drug-likeness (QED) is 0.787. The number of rotatable bonds is 6. The van der Waals surface area contributed by atoms with Crippen molar-refractivity contribution in [2.45, 2.75) is 50.7 Å². The Morgan fingerprint density at radius 2 is 1.88 bits per heavy atom. The zero-order chi connectivity index (χ0) is 12.9. The molecule has 1 saturated carbocycles. The normalized spacial score (nSPS) is 18.5. The Morgan fingerprint density at radius 3 is 2.35 bits per heavy atom. The Hall–Kier alpha value is -0.620. The molecule has 0 heterocycles. The summed E-state index contributed by atoms with van der Waals surface area (Å²) in [6.45, 7) is 1.74. The molecular formula is C11H21NO4S. The lowest BCUT2D eigenvalue weighted by atomic mass is 10.0. The van der Waals surface area contributed by atoms with Crippen LogP contribution in [0, 0.1) is 0 Å². The van der Waals surface area contributed by atoms with E-state index >= 15 is 0 Å². The third-order valence-corrected chi connectivity index (χ3v) is 5.46. The molecule has 0 amide bonds. The number of carboxylic acids is 1. The summed E-state index contributed by atoms with van der Waals surface area (Å²) in [5.74, 6) is -1.09. The molecule has 0 radical (unpaired) electrons. The van der Waals surface area contributed by atoms with Crippen LogP contribution in [0.2, 0.25) is 0 Å². The smallest absolute Gasteiger partial charge is 0.318 e. The molecule has 100 valence electrons. The number of carbonyl (C=O) groups is 1. The third kappa shape index (κ3) is 3.96. The fourth-order valence-corrected chi connectivity index (χ4v) is 4.35. The van der Waals surface area contributed by atoms with Crippen molar-refractivity contribution in [3.63, 3.8) is 0 Å². The van der Waals surface area contributed by atoms with Gasteiger partial charge < -0.3 is 5.11 Å². The van der Waals surface area contributed by atoms with Gasteiger partial charge in [0.2, 0.25) is 10.0 Å². The largest absolute Gasteiger partial charge is 0.480 e. The molecule has 17 heavy (non-hydrogen) atoms. The van der Waals surface area contributed by atoms with Crippen molar-refractivity contribution >= 4 is 16.0 Å². The summed E-state index contributed by atoms with van der Waals surface area (Å²) in [5.41, 5.74) is 0. The molecule has 0 aromatic rings. The second kappa shape index (κ2) is 6.35. The highest BCUT2D eigenvalue weighted by molar-refractivity contribution is 7.89. The van der Waals surface area contributed by atoms with E-state index in [0.29, 0.717) is 25.8 Å². The van der Waals surface area contributed by atoms with Crippen LogP contribution in [0.25, 0.3) is 0 Å². The lowest BCUT2D eigenvalue weighted by molar-refractivity contribution is -0.137. The fraction of sp³-hybridized carbons (Fsp3) is 0.909. The van der Waals surface area contributed by atoms with Crippen molar-refractivity contribution in [3.8, 4) is 0 Å². The molecular weight excluding hydrogens is 242 g/mol. The zero-order valence-electron chi connectivity index (χ0n) is 10.3. The molecule has 1 N–H and O–H groups in total. The van der Waals surface area contributed by atoms with E-state index in [1.807, 2.05) is 6.92 Å². The van der Waals surface area contributed by atoms with Crippen molar-refractivity contribution < 1.29 is 18.3 Å². The van der Waals surface area contributed by atoms with Crippen LogP contribution in [-0.2, 0) is 14.8 Å². The minimum Gasteiger partial charge on any atom is -0.480 e. The summed E-state index contributed by atoms with van der Waals surface area (Å²) in [4.78, 5) is 10.7. The van der Waals surface area contributed by atoms with Crippen molar-refractivity contribution in [2.75, 3.05) is 13.1 Å². The molecule has 0 atom stereocenters. The van der Waals surface area contributed by atoms with Crippen molar-refractivity contribution in [2.24, 2.45) is 0 Å². The van der Waals surface area contributed by atoms with Gasteiger partial charge in [-0.15, -0.1) is 0 Å². The topological polar surface area (TPSA) is 74.7 Å². The second-order valence-electron chi connectivity index (χ2n) is 4.53. The molecule has 1 rings (SSSR count). The maximum atomic E-state index is 12.3. The number of hydrogen-bond acceptors (Lipinski definition) is 3. The van der Waals surface area contributed by atoms with Crippen LogP contribution in [0.3, 0.4) is 0 Å². The number of nitrogens with zero attached hydrogens (tertiary/aromatic N) is 1. The van der Waals surface area contributed by atoms with Crippen LogP contribution in [-0.4, -0.2) is 42.1 Å². The van der Waals surface area contributed by atoms with Gasteiger partial charge in [-0.2, -0.15) is 4.31 Å². The molecule has 1 aliphatic carbocycles. The lowest BCUT2D eigenvalue weighted by Crippen LogP contribution is -2.42. The molecule has 0 spiro atoms. The maximum Gasteiger partial charge on any atom is 0.318 e. The van der Waals surface area contributed by atoms with E-state index in [2.05, 4.69) is 0 Å². The summed E-state index contributed by atoms with van der Waals surface area (Å²) in [6, 6.07) is 0. The van der Waals surface area contributed by atoms with E-state index in [1.165, 1.54) is 0 Å². The minimum absolute atomic E-state index is 0.297. The second-order valence-corrected chi connectivity index (χ2v) is 6.75. The van der Waals surface area contributed by atoms with Crippen molar-refractivity contribution in [1.82, 2.24) is 4.31 Å². The number of carboxylic acid groups (broad SMARTS) is 1. The number of aliphatic carboxylic acids is 1. The number of sulfonamides is 1. The van der Waals surface area contributed by atoms with Gasteiger partial charge in [-0.05, 0) is 19.3 Å². The first-order chi connectivity index (χ1) is 7.98. The highest BCUT2D eigenvalue weighted by Crippen LogP contribution is 2.26. The van der Waals surface area contributed by atoms with Crippen LogP contribution < -0.4 is 0 Å². The van der Waals surface area contributed by atoms with E-state index in [1.54, 1.807) is 0 Å². The fourth-order valence-electron chi connectivity index (χ4n) is 2.27. The molecule has 0 unspecified atom stereocenters. The van der Waals surface area contributed by atoms with Gasteiger partial charge in [-0.1, -0.05) is 26.2 Å². The predicted octanol–water partition coefficient (Wildman–Crippen LogP) is 1.45. The van der Waals surface area contributed by atoms with Gasteiger partial charge in [-0.3, -0.25) is 4.79 Å². The first-order valence-corrected chi connectivity index (χ1v) is 7.69. The van der Waals surface area contributed by atoms with E-state index in [-0.39, 0.29) is 5.25 Å². The molecule has 1 aliphatic rings. The average molecular weight is 263 g/mol. The Balaban J connectivity index is 2.78. The zero-order valence-corrected chi connectivity index (χ0v) is 11.1. The molecule has 5 nitrogen and oxygen atoms in total. The molecule has 6 heteroatoms. The monoisotopic (exact) mass is 263 g/mol. The van der Waals surface area contributed by atoms with Gasteiger partial charge in [-0.25, -0.2) is 8.42 Å². The van der Waals surface area contributed by atoms with Gasteiger partial charge in [0.25, 0.3) is 0 Å². The first-order valence-electron chi connectivity index (χ1n) is 6.19. The molecule has 1 fully saturated rings. The van der Waals surface area contributed by atoms with Crippen LogP contribution in [0.1, 0.15) is 45.4 Å². The van der Waals surface area contributed by atoms with Gasteiger partial charge >= 0.3 is 5.97 Å². The summed E-state index contributed by atoms with van der Waals surface area (Å²) >= 11 is 0. The Bertz CT molecular complexity index is 346. The van der Waals surface area contributed by atoms with Gasteiger partial charge in [0.1, 0.15) is 6.54 Å². The van der Waals surface area contributed by atoms with Crippen molar-refractivity contribution in [3.05, 3.63) is 0 Å². The maximum absolute atomic E-state index is 12.3. The van der Waals surface area contributed by atoms with Gasteiger partial charge in [0.15, 0.2) is 0 Å². The van der Waals surface area contributed by atoms with E-state index in [0.717, 1.165) is 23.6 Å². The standard InChI is InChI=1S/C11H21NO4S/c1-2-8-12(9-11(13)14)17(15,16)10-6-4-3-5-7-10/h10H,2-9H2,1H3,(H,13,14). The van der Waals surface area contributed by atoms with Crippen molar-refractivity contribution in [1.29, 1.82) is 0 Å². The SMILES string of the molecule is CCCN(CC(=O)O)S(=O)(=O)C1CCCCC1. The van der Waals surface area contributed by atoms with E-state index in [9.17, 15) is 13.2 Å². The minimum atomic E-state index is -3.43. The summed E-state index contributed by atoms with van der Waals surface area (Å²) < 4.78 is 25.7. The Kier molecular flexibility index (Phi) is 5.39. The van der Waals surface area contributed by atoms with Gasteiger partial charge in [0, 0.05) is 6.54 Å². The molecule has 0 saturated heterocycles. The molecule has 0 bridgehead atoms. The molecule has 0 aromatic heterocycles. The molecule has 0 aromatic carbocycles. The molecule has 0 aliphatic heterocycles. The number of hydrogen-bond donors (Lipinski definition) is 1. The summed E-state index contributed by atoms with van der Waals surface area (Å²) in [5, 5.41) is 8.39. The van der Waals surface area contributed by atoms with Crippen LogP contribution in [0.15, 0.2) is 0 Å². The highest BCUT2D eigenvalue weighted by Gasteiger charge is 2.33. The average Bonchev–Trinajstić information content (AvgIpc) is 2.29. The summed E-state index contributed by atoms with van der Waals surface area (Å²) in [7, 11) is -3.43. The summed E-state index contributed by atoms with van der Waals surface area (Å²) in [6.07, 6.45) is 4.91. The Labute approximate surface area is 103 Å². The third-order valence-electron chi connectivity index (χ3n) is 3.12. The van der Waals surface area contributed by atoms with Crippen LogP contribution in [0.4, 0.5) is 0 Å². The van der Waals surface area contributed by atoms with Crippen LogP contribution in [0.5, 0.6) is 0 Å². The predicted molar refractivity (Wildman–Crippen MR) is 65.3 cm³/mol.